The minimum absolute atomic E-state index is 0.0702. The van der Waals surface area contributed by atoms with Crippen molar-refractivity contribution in [2.45, 2.75) is 32.8 Å². The Morgan fingerprint density at radius 2 is 2.04 bits per heavy atom. The number of aliphatic carboxylic acids is 1. The van der Waals surface area contributed by atoms with E-state index in [1.54, 1.807) is 13.1 Å². The number of aromatic nitrogens is 1. The standard InChI is InChI=1S/C19H19BrN2O3/c1-10(2)25-18-17-14(8-9-21-18)22-11(3)15(19(23)24)16(17)12-6-4-5-7-13(12)20/h4-10,16,22H,1-3H3,(H,23,24). The first-order valence-electron chi connectivity index (χ1n) is 8.01. The third kappa shape index (κ3) is 3.26. The number of carbonyl (C=O) groups is 1. The maximum Gasteiger partial charge on any atom is 0.334 e. The predicted molar refractivity (Wildman–Crippen MR) is 99.9 cm³/mol. The number of pyridine rings is 1. The third-order valence-corrected chi connectivity index (χ3v) is 4.77. The molecule has 0 spiro atoms. The molecule has 1 aromatic carbocycles. The number of ether oxygens (including phenoxy) is 1. The van der Waals surface area contributed by atoms with Crippen LogP contribution in [0.1, 0.15) is 37.8 Å². The number of halogens is 1. The summed E-state index contributed by atoms with van der Waals surface area (Å²) in [4.78, 5) is 16.4. The van der Waals surface area contributed by atoms with Gasteiger partial charge in [-0.3, -0.25) is 0 Å². The first-order valence-corrected chi connectivity index (χ1v) is 8.80. The van der Waals surface area contributed by atoms with Crippen LogP contribution in [0.15, 0.2) is 52.3 Å². The van der Waals surface area contributed by atoms with Crippen LogP contribution in [0.25, 0.3) is 0 Å². The van der Waals surface area contributed by atoms with Gasteiger partial charge in [-0.05, 0) is 38.5 Å². The van der Waals surface area contributed by atoms with E-state index in [1.165, 1.54) is 0 Å². The number of hydrogen-bond acceptors (Lipinski definition) is 4. The van der Waals surface area contributed by atoms with Crippen molar-refractivity contribution in [1.29, 1.82) is 0 Å². The second-order valence-electron chi connectivity index (χ2n) is 6.17. The molecule has 0 amide bonds. The summed E-state index contributed by atoms with van der Waals surface area (Å²) in [6.45, 7) is 5.62. The zero-order chi connectivity index (χ0) is 18.1. The van der Waals surface area contributed by atoms with E-state index < -0.39 is 11.9 Å². The van der Waals surface area contributed by atoms with Gasteiger partial charge < -0.3 is 15.2 Å². The zero-order valence-electron chi connectivity index (χ0n) is 14.2. The molecule has 1 aliphatic heterocycles. The van der Waals surface area contributed by atoms with Gasteiger partial charge in [0.1, 0.15) is 0 Å². The first kappa shape index (κ1) is 17.5. The summed E-state index contributed by atoms with van der Waals surface area (Å²) in [5.74, 6) is -0.991. The molecule has 0 saturated carbocycles. The Bertz CT molecular complexity index is 861. The second-order valence-corrected chi connectivity index (χ2v) is 7.02. The lowest BCUT2D eigenvalue weighted by molar-refractivity contribution is -0.132. The maximum absolute atomic E-state index is 12.0. The lowest BCUT2D eigenvalue weighted by Gasteiger charge is -2.31. The average Bonchev–Trinajstić information content (AvgIpc) is 2.53. The lowest BCUT2D eigenvalue weighted by Crippen LogP contribution is -2.24. The van der Waals surface area contributed by atoms with E-state index in [1.807, 2.05) is 44.2 Å². The van der Waals surface area contributed by atoms with Crippen LogP contribution in [0.5, 0.6) is 5.88 Å². The molecule has 3 rings (SSSR count). The Morgan fingerprint density at radius 3 is 2.68 bits per heavy atom. The average molecular weight is 403 g/mol. The molecule has 2 aromatic rings. The SMILES string of the molecule is CC1=C(C(=O)O)C(c2ccccc2Br)c2c(ccnc2OC(C)C)N1. The van der Waals surface area contributed by atoms with E-state index in [2.05, 4.69) is 26.2 Å². The van der Waals surface area contributed by atoms with Crippen molar-refractivity contribution >= 4 is 27.6 Å². The van der Waals surface area contributed by atoms with E-state index in [0.29, 0.717) is 17.2 Å². The minimum Gasteiger partial charge on any atom is -0.478 e. The number of allylic oxidation sites excluding steroid dienone is 1. The monoisotopic (exact) mass is 402 g/mol. The normalized spacial score (nSPS) is 16.4. The summed E-state index contributed by atoms with van der Waals surface area (Å²) in [5.41, 5.74) is 3.33. The fourth-order valence-corrected chi connectivity index (χ4v) is 3.61. The van der Waals surface area contributed by atoms with Gasteiger partial charge in [0.15, 0.2) is 0 Å². The molecule has 0 bridgehead atoms. The largest absolute Gasteiger partial charge is 0.478 e. The lowest BCUT2D eigenvalue weighted by atomic mass is 9.81. The first-order chi connectivity index (χ1) is 11.9. The highest BCUT2D eigenvalue weighted by molar-refractivity contribution is 9.10. The van der Waals surface area contributed by atoms with Gasteiger partial charge in [-0.2, -0.15) is 0 Å². The van der Waals surface area contributed by atoms with Crippen LogP contribution < -0.4 is 10.1 Å². The van der Waals surface area contributed by atoms with Crippen LogP contribution in [0.4, 0.5) is 5.69 Å². The van der Waals surface area contributed by atoms with Crippen molar-refractivity contribution in [2.75, 3.05) is 5.32 Å². The Kier molecular flexibility index (Phi) is 4.81. The molecular formula is C19H19BrN2O3. The Hall–Kier alpha value is -2.34. The molecule has 1 aliphatic rings. The highest BCUT2D eigenvalue weighted by atomic mass is 79.9. The topological polar surface area (TPSA) is 71.5 Å². The van der Waals surface area contributed by atoms with E-state index >= 15 is 0 Å². The van der Waals surface area contributed by atoms with Crippen molar-refractivity contribution in [3.8, 4) is 5.88 Å². The fourth-order valence-electron chi connectivity index (χ4n) is 3.09. The number of anilines is 1. The molecule has 130 valence electrons. The van der Waals surface area contributed by atoms with Crippen molar-refractivity contribution in [1.82, 2.24) is 4.98 Å². The molecule has 5 nitrogen and oxygen atoms in total. The third-order valence-electron chi connectivity index (χ3n) is 4.05. The zero-order valence-corrected chi connectivity index (χ0v) is 15.8. The van der Waals surface area contributed by atoms with Crippen molar-refractivity contribution in [3.05, 3.63) is 63.4 Å². The van der Waals surface area contributed by atoms with Gasteiger partial charge in [-0.25, -0.2) is 9.78 Å². The van der Waals surface area contributed by atoms with Crippen LogP contribution in [-0.2, 0) is 4.79 Å². The molecule has 25 heavy (non-hydrogen) atoms. The van der Waals surface area contributed by atoms with Gasteiger partial charge in [0.2, 0.25) is 5.88 Å². The summed E-state index contributed by atoms with van der Waals surface area (Å²) in [6.07, 6.45) is 1.60. The van der Waals surface area contributed by atoms with Crippen molar-refractivity contribution in [2.24, 2.45) is 0 Å². The Labute approximate surface area is 154 Å². The van der Waals surface area contributed by atoms with E-state index in [-0.39, 0.29) is 6.10 Å². The van der Waals surface area contributed by atoms with Crippen LogP contribution >= 0.6 is 15.9 Å². The van der Waals surface area contributed by atoms with Gasteiger partial charge in [0.25, 0.3) is 0 Å². The number of rotatable bonds is 4. The van der Waals surface area contributed by atoms with Gasteiger partial charge in [0, 0.05) is 22.1 Å². The quantitative estimate of drug-likeness (QED) is 0.784. The minimum atomic E-state index is -0.962. The highest BCUT2D eigenvalue weighted by Gasteiger charge is 2.36. The summed E-state index contributed by atoms with van der Waals surface area (Å²) >= 11 is 3.56. The predicted octanol–water partition coefficient (Wildman–Crippen LogP) is 4.55. The molecule has 1 aromatic heterocycles. The summed E-state index contributed by atoms with van der Waals surface area (Å²) in [5, 5.41) is 13.0. The number of fused-ring (bicyclic) bond motifs is 1. The molecule has 0 radical (unpaired) electrons. The number of hydrogen-bond donors (Lipinski definition) is 2. The van der Waals surface area contributed by atoms with Crippen LogP contribution in [0.3, 0.4) is 0 Å². The summed E-state index contributed by atoms with van der Waals surface area (Å²) in [6, 6.07) is 9.48. The van der Waals surface area contributed by atoms with Crippen molar-refractivity contribution in [3.63, 3.8) is 0 Å². The summed E-state index contributed by atoms with van der Waals surface area (Å²) in [7, 11) is 0. The maximum atomic E-state index is 12.0. The molecule has 1 unspecified atom stereocenters. The van der Waals surface area contributed by atoms with E-state index in [0.717, 1.165) is 21.3 Å². The smallest absolute Gasteiger partial charge is 0.334 e. The van der Waals surface area contributed by atoms with Crippen molar-refractivity contribution < 1.29 is 14.6 Å². The van der Waals surface area contributed by atoms with Gasteiger partial charge >= 0.3 is 5.97 Å². The molecule has 2 heterocycles. The van der Waals surface area contributed by atoms with Gasteiger partial charge in [-0.15, -0.1) is 0 Å². The molecule has 0 saturated heterocycles. The molecule has 0 fully saturated rings. The van der Waals surface area contributed by atoms with E-state index in [9.17, 15) is 9.90 Å². The number of nitrogens with one attached hydrogen (secondary N) is 1. The Balaban J connectivity index is 2.29. The van der Waals surface area contributed by atoms with Crippen LogP contribution in [-0.4, -0.2) is 22.2 Å². The van der Waals surface area contributed by atoms with Crippen LogP contribution in [0, 0.1) is 0 Å². The number of nitrogens with zero attached hydrogens (tertiary/aromatic N) is 1. The summed E-state index contributed by atoms with van der Waals surface area (Å²) < 4.78 is 6.73. The molecule has 1 atom stereocenters. The molecule has 6 heteroatoms. The number of benzene rings is 1. The molecule has 2 N–H and O–H groups in total. The highest BCUT2D eigenvalue weighted by Crippen LogP contribution is 2.47. The van der Waals surface area contributed by atoms with E-state index in [4.69, 9.17) is 4.74 Å². The van der Waals surface area contributed by atoms with Gasteiger partial charge in [0.05, 0.1) is 23.2 Å². The molecule has 0 aliphatic carbocycles. The van der Waals surface area contributed by atoms with Gasteiger partial charge in [-0.1, -0.05) is 34.1 Å². The Morgan fingerprint density at radius 1 is 1.32 bits per heavy atom. The number of carboxylic acids is 1. The number of carboxylic acid groups (broad SMARTS) is 1. The van der Waals surface area contributed by atoms with Crippen LogP contribution in [0.2, 0.25) is 0 Å². The second kappa shape index (κ2) is 6.88. The fraction of sp³-hybridized carbons (Fsp3) is 0.263. The molecular weight excluding hydrogens is 384 g/mol.